The molecule has 0 aromatic heterocycles. The third-order valence-corrected chi connectivity index (χ3v) is 3.52. The van der Waals surface area contributed by atoms with E-state index in [-0.39, 0.29) is 12.4 Å². The molecule has 0 spiro atoms. The van der Waals surface area contributed by atoms with Gasteiger partial charge >= 0.3 is 0 Å². The molecular weight excluding hydrogens is 263 g/mol. The molecule has 1 unspecified atom stereocenters. The normalized spacial score (nSPS) is 20.8. The van der Waals surface area contributed by atoms with Crippen LogP contribution in [-0.2, 0) is 9.53 Å². The van der Waals surface area contributed by atoms with Gasteiger partial charge < -0.3 is 20.5 Å². The number of nitrogens with two attached hydrogens (primary N) is 1. The van der Waals surface area contributed by atoms with Gasteiger partial charge in [0.1, 0.15) is 11.9 Å². The Morgan fingerprint density at radius 3 is 2.90 bits per heavy atom. The van der Waals surface area contributed by atoms with E-state index in [0.29, 0.717) is 30.0 Å². The van der Waals surface area contributed by atoms with Crippen LogP contribution >= 0.6 is 0 Å². The lowest BCUT2D eigenvalue weighted by atomic mass is 10.0. The van der Waals surface area contributed by atoms with Gasteiger partial charge in [-0.25, -0.2) is 4.39 Å². The number of aliphatic hydroxyl groups excluding tert-OH is 1. The van der Waals surface area contributed by atoms with E-state index in [0.717, 1.165) is 0 Å². The molecule has 3 N–H and O–H groups in total. The number of carbonyl (C=O) groups is 1. The predicted octanol–water partition coefficient (Wildman–Crippen LogP) is 0.878. The zero-order valence-corrected chi connectivity index (χ0v) is 11.6. The Morgan fingerprint density at radius 1 is 1.60 bits per heavy atom. The molecule has 1 aliphatic rings. The Balaban J connectivity index is 2.48. The Bertz CT molecular complexity index is 519. The number of morpholine rings is 1. The Kier molecular flexibility index (Phi) is 4.25. The molecule has 0 bridgehead atoms. The van der Waals surface area contributed by atoms with Gasteiger partial charge in [-0.3, -0.25) is 4.79 Å². The molecule has 110 valence electrons. The van der Waals surface area contributed by atoms with Crippen LogP contribution in [0.1, 0.15) is 24.2 Å². The summed E-state index contributed by atoms with van der Waals surface area (Å²) >= 11 is 0. The smallest absolute Gasteiger partial charge is 0.242 e. The van der Waals surface area contributed by atoms with Gasteiger partial charge in [0.15, 0.2) is 0 Å². The van der Waals surface area contributed by atoms with Crippen LogP contribution in [0, 0.1) is 12.7 Å². The summed E-state index contributed by atoms with van der Waals surface area (Å²) < 4.78 is 19.0. The number of halogens is 1. The fraction of sp³-hybridized carbons (Fsp3) is 0.500. The van der Waals surface area contributed by atoms with Crippen molar-refractivity contribution in [3.63, 3.8) is 0 Å². The number of nitrogens with zero attached hydrogens (tertiary/aromatic N) is 1. The Labute approximate surface area is 117 Å². The van der Waals surface area contributed by atoms with Crippen LogP contribution in [-0.4, -0.2) is 36.8 Å². The summed E-state index contributed by atoms with van der Waals surface area (Å²) in [5.41, 5.74) is 6.93. The fourth-order valence-corrected chi connectivity index (χ4v) is 2.39. The highest BCUT2D eigenvalue weighted by Crippen LogP contribution is 2.31. The number of anilines is 1. The lowest BCUT2D eigenvalue weighted by Gasteiger charge is -2.37. The van der Waals surface area contributed by atoms with Gasteiger partial charge in [-0.1, -0.05) is 0 Å². The van der Waals surface area contributed by atoms with E-state index in [1.165, 1.54) is 6.07 Å². The summed E-state index contributed by atoms with van der Waals surface area (Å²) in [5, 5.41) is 9.83. The molecule has 1 aromatic rings. The third-order valence-electron chi connectivity index (χ3n) is 3.52. The molecule has 1 aromatic carbocycles. The number of aliphatic hydroxyl groups is 1. The zero-order valence-electron chi connectivity index (χ0n) is 11.6. The zero-order chi connectivity index (χ0) is 14.9. The SMILES string of the molecule is Cc1cc(N2CCOCC2C(N)=O)c([C@@H](C)O)cc1F. The topological polar surface area (TPSA) is 75.8 Å². The van der Waals surface area contributed by atoms with Gasteiger partial charge in [-0.2, -0.15) is 0 Å². The largest absolute Gasteiger partial charge is 0.389 e. The van der Waals surface area contributed by atoms with Crippen molar-refractivity contribution in [3.05, 3.63) is 29.1 Å². The number of hydrogen-bond acceptors (Lipinski definition) is 4. The maximum atomic E-state index is 13.7. The van der Waals surface area contributed by atoms with Gasteiger partial charge in [0.2, 0.25) is 5.91 Å². The maximum absolute atomic E-state index is 13.7. The van der Waals surface area contributed by atoms with Crippen LogP contribution < -0.4 is 10.6 Å². The van der Waals surface area contributed by atoms with Crippen LogP contribution in [0.15, 0.2) is 12.1 Å². The van der Waals surface area contributed by atoms with Gasteiger partial charge in [0, 0.05) is 17.8 Å². The predicted molar refractivity (Wildman–Crippen MR) is 72.9 cm³/mol. The average Bonchev–Trinajstić information content (AvgIpc) is 2.41. The average molecular weight is 282 g/mol. The molecule has 1 amide bonds. The van der Waals surface area contributed by atoms with Crippen molar-refractivity contribution in [3.8, 4) is 0 Å². The van der Waals surface area contributed by atoms with E-state index in [9.17, 15) is 14.3 Å². The number of primary amides is 1. The van der Waals surface area contributed by atoms with E-state index in [4.69, 9.17) is 10.5 Å². The lowest BCUT2D eigenvalue weighted by molar-refractivity contribution is -0.121. The Morgan fingerprint density at radius 2 is 2.30 bits per heavy atom. The van der Waals surface area contributed by atoms with E-state index >= 15 is 0 Å². The number of ether oxygens (including phenoxy) is 1. The quantitative estimate of drug-likeness (QED) is 0.863. The molecule has 1 saturated heterocycles. The van der Waals surface area contributed by atoms with Gasteiger partial charge in [0.25, 0.3) is 0 Å². The summed E-state index contributed by atoms with van der Waals surface area (Å²) in [6, 6.07) is 2.34. The molecule has 2 rings (SSSR count). The first-order chi connectivity index (χ1) is 9.41. The van der Waals surface area contributed by atoms with Crippen LogP contribution in [0.4, 0.5) is 10.1 Å². The fourth-order valence-electron chi connectivity index (χ4n) is 2.39. The van der Waals surface area contributed by atoms with Gasteiger partial charge in [-0.05, 0) is 31.5 Å². The molecule has 0 aliphatic carbocycles. The first kappa shape index (κ1) is 14.7. The second kappa shape index (κ2) is 5.76. The van der Waals surface area contributed by atoms with Gasteiger partial charge in [-0.15, -0.1) is 0 Å². The molecule has 2 atom stereocenters. The molecule has 1 aliphatic heterocycles. The van der Waals surface area contributed by atoms with E-state index in [1.807, 2.05) is 0 Å². The number of rotatable bonds is 3. The van der Waals surface area contributed by atoms with Crippen LogP contribution in [0.3, 0.4) is 0 Å². The van der Waals surface area contributed by atoms with Gasteiger partial charge in [0.05, 0.1) is 19.3 Å². The lowest BCUT2D eigenvalue weighted by Crippen LogP contribution is -2.53. The standard InChI is InChI=1S/C14H19FN2O3/c1-8-5-12(10(9(2)18)6-11(8)15)17-3-4-20-7-13(17)14(16)19/h5-6,9,13,18H,3-4,7H2,1-2H3,(H2,16,19)/t9-,13?/m1/s1. The molecule has 1 heterocycles. The minimum absolute atomic E-state index is 0.199. The van der Waals surface area contributed by atoms with Crippen molar-refractivity contribution < 1.29 is 19.0 Å². The highest BCUT2D eigenvalue weighted by Gasteiger charge is 2.30. The van der Waals surface area contributed by atoms with Crippen LogP contribution in [0.2, 0.25) is 0 Å². The van der Waals surface area contributed by atoms with Crippen molar-refractivity contribution in [1.82, 2.24) is 0 Å². The number of amides is 1. The summed E-state index contributed by atoms with van der Waals surface area (Å²) in [6.45, 7) is 4.33. The number of carbonyl (C=O) groups excluding carboxylic acids is 1. The van der Waals surface area contributed by atoms with E-state index < -0.39 is 18.1 Å². The molecule has 6 heteroatoms. The van der Waals surface area contributed by atoms with Crippen LogP contribution in [0.5, 0.6) is 0 Å². The van der Waals surface area contributed by atoms with Crippen molar-refractivity contribution in [2.75, 3.05) is 24.7 Å². The highest BCUT2D eigenvalue weighted by molar-refractivity contribution is 5.84. The molecule has 1 fully saturated rings. The maximum Gasteiger partial charge on any atom is 0.242 e. The highest BCUT2D eigenvalue weighted by atomic mass is 19.1. The summed E-state index contributed by atoms with van der Waals surface area (Å²) in [4.78, 5) is 13.3. The molecule has 0 radical (unpaired) electrons. The molecule has 20 heavy (non-hydrogen) atoms. The summed E-state index contributed by atoms with van der Waals surface area (Å²) in [5.74, 6) is -0.878. The third kappa shape index (κ3) is 2.76. The minimum Gasteiger partial charge on any atom is -0.389 e. The monoisotopic (exact) mass is 282 g/mol. The van der Waals surface area contributed by atoms with Crippen molar-refractivity contribution in [1.29, 1.82) is 0 Å². The Hall–Kier alpha value is -1.66. The first-order valence-electron chi connectivity index (χ1n) is 6.53. The van der Waals surface area contributed by atoms with Crippen molar-refractivity contribution in [2.45, 2.75) is 26.0 Å². The van der Waals surface area contributed by atoms with Crippen LogP contribution in [0.25, 0.3) is 0 Å². The summed E-state index contributed by atoms with van der Waals surface area (Å²) in [7, 11) is 0. The van der Waals surface area contributed by atoms with Crippen molar-refractivity contribution >= 4 is 11.6 Å². The van der Waals surface area contributed by atoms with E-state index in [2.05, 4.69) is 0 Å². The number of hydrogen-bond donors (Lipinski definition) is 2. The minimum atomic E-state index is -0.837. The van der Waals surface area contributed by atoms with E-state index in [1.54, 1.807) is 24.8 Å². The number of benzene rings is 1. The first-order valence-corrected chi connectivity index (χ1v) is 6.53. The molecular formula is C14H19FN2O3. The second-order valence-electron chi connectivity index (χ2n) is 5.02. The molecule has 0 saturated carbocycles. The molecule has 5 nitrogen and oxygen atoms in total. The summed E-state index contributed by atoms with van der Waals surface area (Å²) in [6.07, 6.45) is -0.837. The number of aryl methyl sites for hydroxylation is 1. The van der Waals surface area contributed by atoms with Crippen molar-refractivity contribution in [2.24, 2.45) is 5.73 Å². The second-order valence-corrected chi connectivity index (χ2v) is 5.02.